The van der Waals surface area contributed by atoms with Gasteiger partial charge < -0.3 is 10.6 Å². The van der Waals surface area contributed by atoms with E-state index in [0.717, 1.165) is 12.1 Å². The van der Waals surface area contributed by atoms with E-state index in [4.69, 9.17) is 0 Å². The first-order valence-corrected chi connectivity index (χ1v) is 5.67. The minimum Gasteiger partial charge on any atom is -0.354 e. The standard InChI is InChI=1S/C13H19FN2O.ClH/c1-13(2,12(17)16-9-8-15-3)10-4-6-11(14)7-5-10;/h4-7,15H,8-9H2,1-3H3,(H,16,17);1H. The van der Waals surface area contributed by atoms with Crippen molar-refractivity contribution in [3.05, 3.63) is 35.6 Å². The van der Waals surface area contributed by atoms with Gasteiger partial charge >= 0.3 is 0 Å². The fourth-order valence-electron chi connectivity index (χ4n) is 1.52. The molecule has 0 atom stereocenters. The lowest BCUT2D eigenvalue weighted by Gasteiger charge is -2.24. The molecule has 0 radical (unpaired) electrons. The summed E-state index contributed by atoms with van der Waals surface area (Å²) in [5.41, 5.74) is 0.155. The Morgan fingerprint density at radius 3 is 2.28 bits per heavy atom. The molecule has 0 bridgehead atoms. The van der Waals surface area contributed by atoms with Crippen molar-refractivity contribution < 1.29 is 9.18 Å². The number of nitrogens with one attached hydrogen (secondary N) is 2. The molecule has 0 fully saturated rings. The molecule has 1 rings (SSSR count). The number of hydrogen-bond acceptors (Lipinski definition) is 2. The maximum Gasteiger partial charge on any atom is 0.230 e. The molecule has 5 heteroatoms. The summed E-state index contributed by atoms with van der Waals surface area (Å²) in [6.45, 7) is 4.97. The van der Waals surface area contributed by atoms with E-state index in [1.54, 1.807) is 12.1 Å². The lowest BCUT2D eigenvalue weighted by atomic mass is 9.84. The third-order valence-electron chi connectivity index (χ3n) is 2.79. The zero-order valence-corrected chi connectivity index (χ0v) is 11.7. The molecule has 0 aliphatic carbocycles. The minimum atomic E-state index is -0.651. The topological polar surface area (TPSA) is 41.1 Å². The Morgan fingerprint density at radius 1 is 1.22 bits per heavy atom. The average Bonchev–Trinajstić information content (AvgIpc) is 2.29. The fourth-order valence-corrected chi connectivity index (χ4v) is 1.52. The molecule has 0 spiro atoms. The number of benzene rings is 1. The van der Waals surface area contributed by atoms with Gasteiger partial charge in [-0.25, -0.2) is 4.39 Å². The van der Waals surface area contributed by atoms with Crippen molar-refractivity contribution in [3.63, 3.8) is 0 Å². The first-order valence-electron chi connectivity index (χ1n) is 5.67. The smallest absolute Gasteiger partial charge is 0.230 e. The van der Waals surface area contributed by atoms with Gasteiger partial charge in [0.2, 0.25) is 5.91 Å². The summed E-state index contributed by atoms with van der Waals surface area (Å²) in [5.74, 6) is -0.348. The molecule has 1 aromatic rings. The lowest BCUT2D eigenvalue weighted by molar-refractivity contribution is -0.125. The highest BCUT2D eigenvalue weighted by atomic mass is 35.5. The average molecular weight is 275 g/mol. The van der Waals surface area contributed by atoms with Crippen LogP contribution in [0.4, 0.5) is 4.39 Å². The molecule has 0 heterocycles. The van der Waals surface area contributed by atoms with Gasteiger partial charge in [0.05, 0.1) is 5.41 Å². The van der Waals surface area contributed by atoms with Crippen LogP contribution in [0.25, 0.3) is 0 Å². The number of hydrogen-bond donors (Lipinski definition) is 2. The summed E-state index contributed by atoms with van der Waals surface area (Å²) in [7, 11) is 1.83. The van der Waals surface area contributed by atoms with Gasteiger partial charge in [0, 0.05) is 13.1 Å². The Morgan fingerprint density at radius 2 is 1.78 bits per heavy atom. The summed E-state index contributed by atoms with van der Waals surface area (Å²) in [6, 6.07) is 6.04. The molecule has 3 nitrogen and oxygen atoms in total. The normalized spacial score (nSPS) is 10.7. The van der Waals surface area contributed by atoms with Gasteiger partial charge in [-0.05, 0) is 38.6 Å². The quantitative estimate of drug-likeness (QED) is 0.805. The number of rotatable bonds is 5. The van der Waals surface area contributed by atoms with Crippen molar-refractivity contribution in [3.8, 4) is 0 Å². The minimum absolute atomic E-state index is 0. The van der Waals surface area contributed by atoms with Gasteiger partial charge in [0.25, 0.3) is 0 Å². The predicted molar refractivity (Wildman–Crippen MR) is 73.6 cm³/mol. The van der Waals surface area contributed by atoms with Crippen LogP contribution in [-0.2, 0) is 10.2 Å². The van der Waals surface area contributed by atoms with Gasteiger partial charge in [-0.1, -0.05) is 12.1 Å². The molecule has 1 amide bonds. The van der Waals surface area contributed by atoms with Crippen LogP contribution in [0.5, 0.6) is 0 Å². The molecule has 2 N–H and O–H groups in total. The van der Waals surface area contributed by atoms with E-state index in [0.29, 0.717) is 6.54 Å². The summed E-state index contributed by atoms with van der Waals surface area (Å²) >= 11 is 0. The summed E-state index contributed by atoms with van der Waals surface area (Å²) in [4.78, 5) is 12.0. The third kappa shape index (κ3) is 4.27. The first kappa shape index (κ1) is 16.9. The summed E-state index contributed by atoms with van der Waals surface area (Å²) in [6.07, 6.45) is 0. The Labute approximate surface area is 114 Å². The zero-order chi connectivity index (χ0) is 12.9. The van der Waals surface area contributed by atoms with E-state index in [9.17, 15) is 9.18 Å². The number of halogens is 2. The van der Waals surface area contributed by atoms with Crippen LogP contribution in [0.15, 0.2) is 24.3 Å². The molecular formula is C13H20ClFN2O. The van der Waals surface area contributed by atoms with E-state index < -0.39 is 5.41 Å². The van der Waals surface area contributed by atoms with Gasteiger partial charge in [0.15, 0.2) is 0 Å². The van der Waals surface area contributed by atoms with Crippen LogP contribution < -0.4 is 10.6 Å². The molecular weight excluding hydrogens is 255 g/mol. The van der Waals surface area contributed by atoms with Crippen LogP contribution >= 0.6 is 12.4 Å². The van der Waals surface area contributed by atoms with Crippen molar-refractivity contribution in [2.24, 2.45) is 0 Å². The molecule has 0 aliphatic heterocycles. The number of amides is 1. The van der Waals surface area contributed by atoms with Crippen molar-refractivity contribution in [2.75, 3.05) is 20.1 Å². The van der Waals surface area contributed by atoms with E-state index in [1.165, 1.54) is 12.1 Å². The highest BCUT2D eigenvalue weighted by molar-refractivity contribution is 5.87. The second-order valence-corrected chi connectivity index (χ2v) is 4.49. The van der Waals surface area contributed by atoms with E-state index in [1.807, 2.05) is 20.9 Å². The Hall–Kier alpha value is -1.13. The van der Waals surface area contributed by atoms with Gasteiger partial charge in [-0.15, -0.1) is 12.4 Å². The first-order chi connectivity index (χ1) is 7.98. The van der Waals surface area contributed by atoms with Crippen molar-refractivity contribution in [1.29, 1.82) is 0 Å². The monoisotopic (exact) mass is 274 g/mol. The largest absolute Gasteiger partial charge is 0.354 e. The Balaban J connectivity index is 0.00000289. The van der Waals surface area contributed by atoms with Crippen LogP contribution in [0.2, 0.25) is 0 Å². The summed E-state index contributed by atoms with van der Waals surface area (Å²) in [5, 5.41) is 5.80. The highest BCUT2D eigenvalue weighted by Gasteiger charge is 2.29. The second-order valence-electron chi connectivity index (χ2n) is 4.49. The Bertz CT molecular complexity index is 379. The molecule has 18 heavy (non-hydrogen) atoms. The van der Waals surface area contributed by atoms with Crippen molar-refractivity contribution in [2.45, 2.75) is 19.3 Å². The number of likely N-dealkylation sites (N-methyl/N-ethyl adjacent to an activating group) is 1. The maximum atomic E-state index is 12.8. The van der Waals surface area contributed by atoms with Gasteiger partial charge in [0.1, 0.15) is 5.82 Å². The molecule has 0 saturated heterocycles. The van der Waals surface area contributed by atoms with Gasteiger partial charge in [-0.2, -0.15) is 0 Å². The fraction of sp³-hybridized carbons (Fsp3) is 0.462. The second kappa shape index (κ2) is 7.34. The van der Waals surface area contributed by atoms with E-state index >= 15 is 0 Å². The zero-order valence-electron chi connectivity index (χ0n) is 10.9. The Kier molecular flexibility index (Phi) is 6.88. The van der Waals surface area contributed by atoms with Crippen LogP contribution in [0, 0.1) is 5.82 Å². The van der Waals surface area contributed by atoms with Crippen LogP contribution in [0.3, 0.4) is 0 Å². The maximum absolute atomic E-state index is 12.8. The molecule has 0 unspecified atom stereocenters. The van der Waals surface area contributed by atoms with E-state index in [-0.39, 0.29) is 24.1 Å². The number of carbonyl (C=O) groups excluding carboxylic acids is 1. The van der Waals surface area contributed by atoms with Crippen LogP contribution in [-0.4, -0.2) is 26.0 Å². The molecule has 0 saturated carbocycles. The van der Waals surface area contributed by atoms with E-state index in [2.05, 4.69) is 10.6 Å². The van der Waals surface area contributed by atoms with Crippen molar-refractivity contribution in [1.82, 2.24) is 10.6 Å². The van der Waals surface area contributed by atoms with Crippen molar-refractivity contribution >= 4 is 18.3 Å². The molecule has 0 aromatic heterocycles. The van der Waals surface area contributed by atoms with Gasteiger partial charge in [-0.3, -0.25) is 4.79 Å². The number of carbonyl (C=O) groups is 1. The molecule has 1 aromatic carbocycles. The summed E-state index contributed by atoms with van der Waals surface area (Å²) < 4.78 is 12.8. The van der Waals surface area contributed by atoms with Crippen LogP contribution in [0.1, 0.15) is 19.4 Å². The highest BCUT2D eigenvalue weighted by Crippen LogP contribution is 2.23. The molecule has 0 aliphatic rings. The SMILES string of the molecule is CNCCNC(=O)C(C)(C)c1ccc(F)cc1.Cl. The predicted octanol–water partition coefficient (Wildman–Crippen LogP) is 1.86. The molecule has 102 valence electrons. The lowest BCUT2D eigenvalue weighted by Crippen LogP contribution is -2.42. The third-order valence-corrected chi connectivity index (χ3v) is 2.79.